The second kappa shape index (κ2) is 6.82. The van der Waals surface area contributed by atoms with Gasteiger partial charge in [-0.1, -0.05) is 0 Å². The summed E-state index contributed by atoms with van der Waals surface area (Å²) in [5, 5.41) is 15.3. The molecule has 26 heavy (non-hydrogen) atoms. The highest BCUT2D eigenvalue weighted by molar-refractivity contribution is 5.80. The molecule has 6 atom stereocenters. The van der Waals surface area contributed by atoms with Gasteiger partial charge in [0.05, 0.1) is 11.7 Å². The van der Waals surface area contributed by atoms with E-state index in [1.807, 2.05) is 12.2 Å². The van der Waals surface area contributed by atoms with Crippen molar-refractivity contribution >= 4 is 11.7 Å². The Kier molecular flexibility index (Phi) is 4.51. The third-order valence-corrected chi connectivity index (χ3v) is 6.29. The van der Waals surface area contributed by atoms with E-state index in [-0.39, 0.29) is 24.0 Å². The number of hydrogen-bond acceptors (Lipinski definition) is 4. The van der Waals surface area contributed by atoms with Gasteiger partial charge in [0.15, 0.2) is 0 Å². The summed E-state index contributed by atoms with van der Waals surface area (Å²) >= 11 is 0. The van der Waals surface area contributed by atoms with E-state index in [9.17, 15) is 0 Å². The molecule has 0 amide bonds. The van der Waals surface area contributed by atoms with Gasteiger partial charge in [0.1, 0.15) is 23.7 Å². The molecule has 0 aromatic heterocycles. The maximum Gasteiger partial charge on any atom is 0.116 e. The van der Waals surface area contributed by atoms with Crippen LogP contribution in [-0.2, 0) is 9.47 Å². The Bertz CT molecular complexity index is 638. The highest BCUT2D eigenvalue weighted by Gasteiger charge is 2.37. The minimum atomic E-state index is 0.192. The Morgan fingerprint density at radius 2 is 1.23 bits per heavy atom. The maximum atomic E-state index is 7.66. The molecule has 2 heterocycles. The van der Waals surface area contributed by atoms with Gasteiger partial charge in [-0.05, 0) is 62.8 Å². The van der Waals surface area contributed by atoms with E-state index in [4.69, 9.17) is 31.8 Å². The van der Waals surface area contributed by atoms with E-state index >= 15 is 0 Å². The molecule has 2 fully saturated rings. The largest absolute Gasteiger partial charge is 0.490 e. The van der Waals surface area contributed by atoms with Crippen molar-refractivity contribution in [3.63, 3.8) is 0 Å². The first kappa shape index (κ1) is 17.2. The summed E-state index contributed by atoms with van der Waals surface area (Å²) in [5.41, 5.74) is 11.3. The lowest BCUT2D eigenvalue weighted by atomic mass is 9.79. The van der Waals surface area contributed by atoms with Crippen LogP contribution in [0.5, 0.6) is 0 Å². The summed E-state index contributed by atoms with van der Waals surface area (Å²) in [4.78, 5) is 0. The SMILES string of the molecule is N=C(N)C1CCC2OC(C=CC3=CC4CC(C(=N)N)CCC4O3)=CC2C1. The molecule has 6 nitrogen and oxygen atoms in total. The quantitative estimate of drug-likeness (QED) is 0.457. The molecule has 6 N–H and O–H groups in total. The van der Waals surface area contributed by atoms with Gasteiger partial charge in [0.2, 0.25) is 0 Å². The fourth-order valence-corrected chi connectivity index (χ4v) is 4.77. The van der Waals surface area contributed by atoms with Gasteiger partial charge in [-0.15, -0.1) is 0 Å². The van der Waals surface area contributed by atoms with Gasteiger partial charge in [-0.2, -0.15) is 0 Å². The average Bonchev–Trinajstić information content (AvgIpc) is 3.21. The van der Waals surface area contributed by atoms with Crippen LogP contribution >= 0.6 is 0 Å². The Hall–Kier alpha value is -2.24. The lowest BCUT2D eigenvalue weighted by molar-refractivity contribution is 0.0773. The van der Waals surface area contributed by atoms with Crippen LogP contribution in [0.2, 0.25) is 0 Å². The summed E-state index contributed by atoms with van der Waals surface area (Å²) < 4.78 is 12.1. The van der Waals surface area contributed by atoms with Crippen molar-refractivity contribution < 1.29 is 9.47 Å². The first-order valence-electron chi connectivity index (χ1n) is 9.62. The van der Waals surface area contributed by atoms with E-state index in [1.165, 1.54) is 0 Å². The second-order valence-electron chi connectivity index (χ2n) is 8.04. The number of fused-ring (bicyclic) bond motifs is 2. The first-order chi connectivity index (χ1) is 12.5. The van der Waals surface area contributed by atoms with Crippen molar-refractivity contribution in [3.05, 3.63) is 35.8 Å². The molecule has 0 saturated heterocycles. The van der Waals surface area contributed by atoms with Crippen molar-refractivity contribution in [1.29, 1.82) is 10.8 Å². The lowest BCUT2D eigenvalue weighted by Gasteiger charge is -2.29. The molecule has 6 heteroatoms. The van der Waals surface area contributed by atoms with Crippen LogP contribution in [-0.4, -0.2) is 23.9 Å². The van der Waals surface area contributed by atoms with Crippen LogP contribution in [0, 0.1) is 34.5 Å². The molecule has 0 bridgehead atoms. The molecule has 2 saturated carbocycles. The molecular weight excluding hydrogens is 328 g/mol. The van der Waals surface area contributed by atoms with Crippen molar-refractivity contribution in [1.82, 2.24) is 0 Å². The fraction of sp³-hybridized carbons (Fsp3) is 0.600. The van der Waals surface area contributed by atoms with Crippen LogP contribution in [0.15, 0.2) is 35.8 Å². The van der Waals surface area contributed by atoms with E-state index in [0.29, 0.717) is 23.5 Å². The van der Waals surface area contributed by atoms with Crippen molar-refractivity contribution in [3.8, 4) is 0 Å². The number of nitrogens with two attached hydrogens (primary N) is 2. The average molecular weight is 356 g/mol. The lowest BCUT2D eigenvalue weighted by Crippen LogP contribution is -2.33. The van der Waals surface area contributed by atoms with Crippen LogP contribution in [0.25, 0.3) is 0 Å². The number of rotatable bonds is 4. The maximum absolute atomic E-state index is 7.66. The Morgan fingerprint density at radius 1 is 0.808 bits per heavy atom. The van der Waals surface area contributed by atoms with Crippen LogP contribution < -0.4 is 11.5 Å². The van der Waals surface area contributed by atoms with Crippen molar-refractivity contribution in [2.45, 2.75) is 50.7 Å². The molecule has 0 aromatic rings. The van der Waals surface area contributed by atoms with Crippen molar-refractivity contribution in [2.75, 3.05) is 0 Å². The normalized spacial score (nSPS) is 38.6. The molecule has 140 valence electrons. The number of ether oxygens (including phenoxy) is 2. The summed E-state index contributed by atoms with van der Waals surface area (Å²) in [6, 6.07) is 0. The number of amidine groups is 2. The van der Waals surface area contributed by atoms with Gasteiger partial charge in [0, 0.05) is 23.7 Å². The van der Waals surface area contributed by atoms with E-state index in [0.717, 1.165) is 50.0 Å². The van der Waals surface area contributed by atoms with Gasteiger partial charge < -0.3 is 20.9 Å². The predicted octanol–water partition coefficient (Wildman–Crippen LogP) is 2.81. The molecule has 6 unspecified atom stereocenters. The molecule has 2 aliphatic carbocycles. The van der Waals surface area contributed by atoms with Gasteiger partial charge in [-0.25, -0.2) is 0 Å². The fourth-order valence-electron chi connectivity index (χ4n) is 4.77. The second-order valence-corrected chi connectivity index (χ2v) is 8.04. The summed E-state index contributed by atoms with van der Waals surface area (Å²) in [7, 11) is 0. The number of nitrogens with one attached hydrogen (secondary N) is 2. The molecule has 0 radical (unpaired) electrons. The third-order valence-electron chi connectivity index (χ3n) is 6.29. The molecule has 2 aliphatic heterocycles. The Balaban J connectivity index is 1.37. The standard InChI is InChI=1S/C20H28N4O2/c21-19(22)11-1-5-17-13(7-11)9-15(25-17)3-4-16-10-14-8-12(20(23)24)2-6-18(14)26-16/h3-4,9-14,17-18H,1-2,5-8H2,(H3,21,22)(H3,23,24). The topological polar surface area (TPSA) is 118 Å². The number of hydrogen-bond donors (Lipinski definition) is 4. The molecule has 4 aliphatic rings. The van der Waals surface area contributed by atoms with Crippen molar-refractivity contribution in [2.24, 2.45) is 35.1 Å². The van der Waals surface area contributed by atoms with Crippen LogP contribution in [0.4, 0.5) is 0 Å². The number of allylic oxidation sites excluding steroid dienone is 2. The zero-order valence-corrected chi connectivity index (χ0v) is 15.0. The highest BCUT2D eigenvalue weighted by Crippen LogP contribution is 2.40. The molecular formula is C20H28N4O2. The summed E-state index contributed by atoms with van der Waals surface area (Å²) in [6.07, 6.45) is 14.4. The summed E-state index contributed by atoms with van der Waals surface area (Å²) in [6.45, 7) is 0. The van der Waals surface area contributed by atoms with Gasteiger partial charge in [0.25, 0.3) is 0 Å². The smallest absolute Gasteiger partial charge is 0.116 e. The van der Waals surface area contributed by atoms with Crippen LogP contribution in [0.3, 0.4) is 0 Å². The minimum absolute atomic E-state index is 0.192. The minimum Gasteiger partial charge on any atom is -0.490 e. The molecule has 4 rings (SSSR count). The zero-order chi connectivity index (χ0) is 18.3. The summed E-state index contributed by atoms with van der Waals surface area (Å²) in [5.74, 6) is 3.49. The highest BCUT2D eigenvalue weighted by atomic mass is 16.5. The molecule has 0 spiro atoms. The molecule has 0 aromatic carbocycles. The Morgan fingerprint density at radius 3 is 1.62 bits per heavy atom. The van der Waals surface area contributed by atoms with Gasteiger partial charge in [-0.3, -0.25) is 10.8 Å². The Labute approximate surface area is 154 Å². The van der Waals surface area contributed by atoms with E-state index in [1.54, 1.807) is 0 Å². The third kappa shape index (κ3) is 3.37. The van der Waals surface area contributed by atoms with Gasteiger partial charge >= 0.3 is 0 Å². The van der Waals surface area contributed by atoms with Crippen LogP contribution in [0.1, 0.15) is 38.5 Å². The zero-order valence-electron chi connectivity index (χ0n) is 15.0. The van der Waals surface area contributed by atoms with E-state index in [2.05, 4.69) is 12.2 Å². The van der Waals surface area contributed by atoms with E-state index < -0.39 is 0 Å². The monoisotopic (exact) mass is 356 g/mol. The predicted molar refractivity (Wildman–Crippen MR) is 101 cm³/mol. The first-order valence-corrected chi connectivity index (χ1v) is 9.62.